The van der Waals surface area contributed by atoms with Gasteiger partial charge in [-0.05, 0) is 18.2 Å². The molecule has 34 heavy (non-hydrogen) atoms. The molecule has 0 unspecified atom stereocenters. The summed E-state index contributed by atoms with van der Waals surface area (Å²) in [4.78, 5) is 37.9. The number of amides is 1. The molecule has 1 heterocycles. The summed E-state index contributed by atoms with van der Waals surface area (Å²) in [5, 5.41) is 10.8. The molecule has 10 heteroatoms. The molecule has 4 rings (SSSR count). The minimum absolute atomic E-state index is 0.0447. The first-order valence-corrected chi connectivity index (χ1v) is 12.0. The fourth-order valence-electron chi connectivity index (χ4n) is 3.80. The van der Waals surface area contributed by atoms with Crippen molar-refractivity contribution in [1.82, 2.24) is 9.21 Å². The number of benzene rings is 3. The molecule has 1 amide bonds. The Morgan fingerprint density at radius 3 is 1.91 bits per heavy atom. The Morgan fingerprint density at radius 2 is 1.32 bits per heavy atom. The average Bonchev–Trinajstić information content (AvgIpc) is 2.88. The molecule has 0 atom stereocenters. The second-order valence-electron chi connectivity index (χ2n) is 7.69. The highest BCUT2D eigenvalue weighted by Crippen LogP contribution is 2.22. The van der Waals surface area contributed by atoms with Gasteiger partial charge in [-0.15, -0.1) is 0 Å². The highest BCUT2D eigenvalue weighted by Gasteiger charge is 2.31. The Balaban J connectivity index is 1.48. The molecule has 0 saturated carbocycles. The van der Waals surface area contributed by atoms with Gasteiger partial charge in [0, 0.05) is 49.4 Å². The van der Waals surface area contributed by atoms with Crippen LogP contribution in [0.2, 0.25) is 0 Å². The molecule has 0 N–H and O–H groups in total. The van der Waals surface area contributed by atoms with Gasteiger partial charge >= 0.3 is 0 Å². The normalized spacial score (nSPS) is 14.5. The largest absolute Gasteiger partial charge is 0.336 e. The average molecular weight is 480 g/mol. The maximum Gasteiger partial charge on any atom is 0.269 e. The molecule has 0 aliphatic carbocycles. The minimum Gasteiger partial charge on any atom is -0.336 e. The van der Waals surface area contributed by atoms with Crippen LogP contribution in [0.3, 0.4) is 0 Å². The van der Waals surface area contributed by atoms with Gasteiger partial charge in [0.15, 0.2) is 5.78 Å². The molecule has 1 saturated heterocycles. The summed E-state index contributed by atoms with van der Waals surface area (Å²) in [5.41, 5.74) is 0.836. The first-order valence-electron chi connectivity index (χ1n) is 10.5. The van der Waals surface area contributed by atoms with Crippen LogP contribution in [-0.4, -0.2) is 60.4 Å². The van der Waals surface area contributed by atoms with Crippen molar-refractivity contribution in [1.29, 1.82) is 0 Å². The van der Waals surface area contributed by atoms with Gasteiger partial charge in [0.1, 0.15) is 0 Å². The number of hydrogen-bond donors (Lipinski definition) is 0. The lowest BCUT2D eigenvalue weighted by Crippen LogP contribution is -2.50. The van der Waals surface area contributed by atoms with Crippen molar-refractivity contribution < 1.29 is 22.9 Å². The van der Waals surface area contributed by atoms with Crippen molar-refractivity contribution in [3.63, 3.8) is 0 Å². The third-order valence-corrected chi connectivity index (χ3v) is 7.56. The van der Waals surface area contributed by atoms with E-state index in [0.29, 0.717) is 11.1 Å². The third-order valence-electron chi connectivity index (χ3n) is 5.65. The summed E-state index contributed by atoms with van der Waals surface area (Å²) < 4.78 is 27.1. The van der Waals surface area contributed by atoms with Crippen molar-refractivity contribution in [3.05, 3.63) is 106 Å². The van der Waals surface area contributed by atoms with Gasteiger partial charge in [-0.25, -0.2) is 8.42 Å². The zero-order chi connectivity index (χ0) is 24.3. The number of hydrogen-bond acceptors (Lipinski definition) is 6. The number of non-ortho nitro benzene ring substituents is 1. The molecule has 174 valence electrons. The molecule has 0 bridgehead atoms. The molecular formula is C24H21N3O6S. The van der Waals surface area contributed by atoms with E-state index in [1.165, 1.54) is 21.3 Å². The van der Waals surface area contributed by atoms with Gasteiger partial charge in [0.05, 0.1) is 15.4 Å². The van der Waals surface area contributed by atoms with Crippen LogP contribution >= 0.6 is 0 Å². The number of sulfonamides is 1. The molecule has 9 nitrogen and oxygen atoms in total. The van der Waals surface area contributed by atoms with E-state index in [1.54, 1.807) is 54.6 Å². The van der Waals surface area contributed by atoms with Gasteiger partial charge in [-0.2, -0.15) is 4.31 Å². The predicted octanol–water partition coefficient (Wildman–Crippen LogP) is 2.97. The third kappa shape index (κ3) is 4.59. The number of nitrogens with zero attached hydrogens (tertiary/aromatic N) is 3. The van der Waals surface area contributed by atoms with Crippen LogP contribution in [0.4, 0.5) is 5.69 Å². The Labute approximate surface area is 196 Å². The molecule has 0 aromatic heterocycles. The maximum atomic E-state index is 13.2. The zero-order valence-electron chi connectivity index (χ0n) is 18.0. The van der Waals surface area contributed by atoms with E-state index in [9.17, 15) is 28.1 Å². The number of piperazine rings is 1. The Morgan fingerprint density at radius 1 is 0.765 bits per heavy atom. The van der Waals surface area contributed by atoms with Crippen molar-refractivity contribution in [3.8, 4) is 0 Å². The fourth-order valence-corrected chi connectivity index (χ4v) is 5.23. The quantitative estimate of drug-likeness (QED) is 0.305. The lowest BCUT2D eigenvalue weighted by Gasteiger charge is -2.34. The van der Waals surface area contributed by atoms with E-state index in [-0.39, 0.29) is 54.0 Å². The second kappa shape index (κ2) is 9.54. The first-order chi connectivity index (χ1) is 16.3. The number of ketones is 1. The van der Waals surface area contributed by atoms with E-state index >= 15 is 0 Å². The Hall–Kier alpha value is -3.89. The number of carbonyl (C=O) groups is 2. The highest BCUT2D eigenvalue weighted by atomic mass is 32.2. The van der Waals surface area contributed by atoms with Crippen molar-refractivity contribution in [2.75, 3.05) is 26.2 Å². The lowest BCUT2D eigenvalue weighted by molar-refractivity contribution is -0.384. The standard InChI is InChI=1S/C24H21N3O6S/c28-23(18-6-2-1-3-7-18)21-8-4-5-9-22(21)24(29)25-14-16-26(17-15-25)34(32,33)20-12-10-19(11-13-20)27(30)31/h1-13H,14-17H2. The zero-order valence-corrected chi connectivity index (χ0v) is 18.8. The van der Waals surface area contributed by atoms with Crippen LogP contribution in [0.1, 0.15) is 26.3 Å². The molecular weight excluding hydrogens is 458 g/mol. The summed E-state index contributed by atoms with van der Waals surface area (Å²) in [5.74, 6) is -0.601. The lowest BCUT2D eigenvalue weighted by atomic mass is 9.97. The van der Waals surface area contributed by atoms with Crippen molar-refractivity contribution >= 4 is 27.4 Å². The summed E-state index contributed by atoms with van der Waals surface area (Å²) in [6.07, 6.45) is 0. The molecule has 3 aromatic rings. The summed E-state index contributed by atoms with van der Waals surface area (Å²) in [7, 11) is -3.86. The molecule has 1 aliphatic heterocycles. The number of nitro groups is 1. The SMILES string of the molecule is O=C(c1ccccc1)c1ccccc1C(=O)N1CCN(S(=O)(=O)c2ccc([N+](=O)[O-])cc2)CC1. The minimum atomic E-state index is -3.86. The summed E-state index contributed by atoms with van der Waals surface area (Å²) in [6, 6.07) is 20.0. The highest BCUT2D eigenvalue weighted by molar-refractivity contribution is 7.89. The van der Waals surface area contributed by atoms with Gasteiger partial charge in [0.2, 0.25) is 10.0 Å². The number of rotatable bonds is 6. The summed E-state index contributed by atoms with van der Waals surface area (Å²) >= 11 is 0. The molecule has 0 radical (unpaired) electrons. The van der Waals surface area contributed by atoms with E-state index in [1.807, 2.05) is 0 Å². The van der Waals surface area contributed by atoms with Gasteiger partial charge in [-0.3, -0.25) is 19.7 Å². The predicted molar refractivity (Wildman–Crippen MR) is 124 cm³/mol. The molecule has 1 aliphatic rings. The second-order valence-corrected chi connectivity index (χ2v) is 9.63. The van der Waals surface area contributed by atoms with Crippen LogP contribution in [0.25, 0.3) is 0 Å². The fraction of sp³-hybridized carbons (Fsp3) is 0.167. The topological polar surface area (TPSA) is 118 Å². The van der Waals surface area contributed by atoms with E-state index in [4.69, 9.17) is 0 Å². The van der Waals surface area contributed by atoms with Gasteiger partial charge in [-0.1, -0.05) is 48.5 Å². The molecule has 1 fully saturated rings. The summed E-state index contributed by atoms with van der Waals surface area (Å²) in [6.45, 7) is 0.442. The van der Waals surface area contributed by atoms with E-state index in [0.717, 1.165) is 12.1 Å². The van der Waals surface area contributed by atoms with E-state index in [2.05, 4.69) is 0 Å². The van der Waals surface area contributed by atoms with Crippen LogP contribution in [-0.2, 0) is 10.0 Å². The number of nitro benzene ring substituents is 1. The van der Waals surface area contributed by atoms with Crippen LogP contribution in [0.5, 0.6) is 0 Å². The maximum absolute atomic E-state index is 13.2. The molecule has 3 aromatic carbocycles. The smallest absolute Gasteiger partial charge is 0.269 e. The van der Waals surface area contributed by atoms with Crippen molar-refractivity contribution in [2.45, 2.75) is 4.90 Å². The number of carbonyl (C=O) groups excluding carboxylic acids is 2. The van der Waals surface area contributed by atoms with Crippen LogP contribution < -0.4 is 0 Å². The monoisotopic (exact) mass is 479 g/mol. The van der Waals surface area contributed by atoms with Crippen LogP contribution in [0, 0.1) is 10.1 Å². The van der Waals surface area contributed by atoms with Crippen LogP contribution in [0.15, 0.2) is 83.8 Å². The first kappa shape index (κ1) is 23.3. The Kier molecular flexibility index (Phi) is 6.53. The van der Waals surface area contributed by atoms with Crippen molar-refractivity contribution in [2.24, 2.45) is 0 Å². The molecule has 0 spiro atoms. The Bertz CT molecular complexity index is 1330. The van der Waals surface area contributed by atoms with Gasteiger partial charge in [0.25, 0.3) is 11.6 Å². The van der Waals surface area contributed by atoms with E-state index < -0.39 is 14.9 Å². The van der Waals surface area contributed by atoms with Gasteiger partial charge < -0.3 is 4.90 Å².